The number of hydrogen-bond acceptors (Lipinski definition) is 3. The third-order valence-corrected chi connectivity index (χ3v) is 2.02. The third-order valence-electron chi connectivity index (χ3n) is 2.02. The van der Waals surface area contributed by atoms with Gasteiger partial charge in [0.2, 0.25) is 0 Å². The van der Waals surface area contributed by atoms with Crippen molar-refractivity contribution in [2.75, 3.05) is 0 Å². The Morgan fingerprint density at radius 3 is 2.71 bits per heavy atom. The Bertz CT molecular complexity index is 480. The van der Waals surface area contributed by atoms with Gasteiger partial charge in [-0.25, -0.2) is 0 Å². The summed E-state index contributed by atoms with van der Waals surface area (Å²) in [5.41, 5.74) is 0.579. The molecule has 0 radical (unpaired) electrons. The molecule has 0 bridgehead atoms. The molecule has 0 aromatic heterocycles. The van der Waals surface area contributed by atoms with Crippen LogP contribution >= 0.6 is 0 Å². The van der Waals surface area contributed by atoms with E-state index in [1.165, 1.54) is 19.1 Å². The van der Waals surface area contributed by atoms with Gasteiger partial charge in [0.15, 0.2) is 0 Å². The number of ether oxygens (including phenoxy) is 1. The van der Waals surface area contributed by atoms with Crippen molar-refractivity contribution < 1.29 is 23.4 Å². The zero-order valence-electron chi connectivity index (χ0n) is 8.91. The van der Waals surface area contributed by atoms with Crippen LogP contribution in [0.1, 0.15) is 16.7 Å². The molecule has 0 heterocycles. The summed E-state index contributed by atoms with van der Waals surface area (Å²) in [6.45, 7) is -1.55. The van der Waals surface area contributed by atoms with Gasteiger partial charge in [-0.15, -0.1) is 0 Å². The van der Waals surface area contributed by atoms with E-state index < -0.39 is 12.6 Å². The molecule has 0 aliphatic heterocycles. The Balaban J connectivity index is 3.17. The summed E-state index contributed by atoms with van der Waals surface area (Å²) in [5.74, 6) is -1.27. The topological polar surface area (TPSA) is 70.3 Å². The van der Waals surface area contributed by atoms with Crippen LogP contribution in [-0.4, -0.2) is 17.7 Å². The van der Waals surface area contributed by atoms with Crippen molar-refractivity contribution in [3.05, 3.63) is 28.8 Å². The van der Waals surface area contributed by atoms with Crippen LogP contribution in [0.2, 0.25) is 0 Å². The summed E-state index contributed by atoms with van der Waals surface area (Å²) in [4.78, 5) is 10.5. The molecule has 6 heteroatoms. The molecule has 0 amide bonds. The number of nitrogens with zero attached hydrogens (tertiary/aromatic N) is 1. The fraction of sp³-hybridized carbons (Fsp3) is 0.273. The van der Waals surface area contributed by atoms with Gasteiger partial charge in [0.25, 0.3) is 0 Å². The van der Waals surface area contributed by atoms with Crippen LogP contribution in [0.4, 0.5) is 8.78 Å². The molecule has 0 fully saturated rings. The van der Waals surface area contributed by atoms with Crippen LogP contribution in [0.15, 0.2) is 12.1 Å². The molecule has 0 saturated heterocycles. The highest BCUT2D eigenvalue weighted by molar-refractivity contribution is 5.71. The predicted octanol–water partition coefficient (Wildman–Crippen LogP) is 2.10. The van der Waals surface area contributed by atoms with Crippen molar-refractivity contribution in [1.82, 2.24) is 0 Å². The second kappa shape index (κ2) is 5.25. The van der Waals surface area contributed by atoms with Crippen molar-refractivity contribution in [2.24, 2.45) is 0 Å². The molecule has 0 unspecified atom stereocenters. The van der Waals surface area contributed by atoms with Crippen LogP contribution in [0, 0.1) is 18.3 Å². The molecule has 0 aliphatic rings. The van der Waals surface area contributed by atoms with E-state index in [1.807, 2.05) is 0 Å². The zero-order valence-corrected chi connectivity index (χ0v) is 8.91. The van der Waals surface area contributed by atoms with Crippen LogP contribution in [0.3, 0.4) is 0 Å². The van der Waals surface area contributed by atoms with Crippen LogP contribution < -0.4 is 4.74 Å². The van der Waals surface area contributed by atoms with Gasteiger partial charge in [-0.3, -0.25) is 4.79 Å². The highest BCUT2D eigenvalue weighted by Gasteiger charge is 2.14. The second-order valence-corrected chi connectivity index (χ2v) is 3.35. The molecule has 0 spiro atoms. The van der Waals surface area contributed by atoms with Crippen molar-refractivity contribution >= 4 is 5.97 Å². The van der Waals surface area contributed by atoms with E-state index in [2.05, 4.69) is 4.74 Å². The van der Waals surface area contributed by atoms with Crippen molar-refractivity contribution in [3.8, 4) is 11.8 Å². The molecule has 0 saturated carbocycles. The van der Waals surface area contributed by atoms with Crippen molar-refractivity contribution in [3.63, 3.8) is 0 Å². The standard InChI is InChI=1S/C11H9F2NO3/c1-6-2-7(4-9(15)16)3-8(5-14)10(6)17-11(12)13/h2-3,11H,4H2,1H3,(H,15,16). The number of benzene rings is 1. The largest absolute Gasteiger partial charge is 0.481 e. The monoisotopic (exact) mass is 241 g/mol. The number of carboxylic acids is 1. The maximum Gasteiger partial charge on any atom is 0.387 e. The second-order valence-electron chi connectivity index (χ2n) is 3.35. The molecular formula is C11H9F2NO3. The molecule has 17 heavy (non-hydrogen) atoms. The van der Waals surface area contributed by atoms with E-state index in [9.17, 15) is 13.6 Å². The lowest BCUT2D eigenvalue weighted by molar-refractivity contribution is -0.136. The minimum atomic E-state index is -3.02. The first-order valence-electron chi connectivity index (χ1n) is 4.64. The Hall–Kier alpha value is -2.16. The van der Waals surface area contributed by atoms with E-state index in [0.29, 0.717) is 11.1 Å². The first-order valence-corrected chi connectivity index (χ1v) is 4.64. The maximum atomic E-state index is 12.1. The SMILES string of the molecule is Cc1cc(CC(=O)O)cc(C#N)c1OC(F)F. The van der Waals surface area contributed by atoms with E-state index in [4.69, 9.17) is 10.4 Å². The van der Waals surface area contributed by atoms with Gasteiger partial charge < -0.3 is 9.84 Å². The molecule has 90 valence electrons. The summed E-state index contributed by atoms with van der Waals surface area (Å²) in [5, 5.41) is 17.4. The predicted molar refractivity (Wildman–Crippen MR) is 53.9 cm³/mol. The summed E-state index contributed by atoms with van der Waals surface area (Å²) >= 11 is 0. The molecule has 1 rings (SSSR count). The van der Waals surface area contributed by atoms with Gasteiger partial charge >= 0.3 is 12.6 Å². The van der Waals surface area contributed by atoms with Gasteiger partial charge in [0.1, 0.15) is 11.8 Å². The van der Waals surface area contributed by atoms with Crippen molar-refractivity contribution in [1.29, 1.82) is 5.26 Å². The first-order chi connectivity index (χ1) is 7.93. The number of hydrogen-bond donors (Lipinski definition) is 1. The summed E-state index contributed by atoms with van der Waals surface area (Å²) in [6.07, 6.45) is -0.273. The molecular weight excluding hydrogens is 232 g/mol. The first kappa shape index (κ1) is 12.9. The molecule has 0 atom stereocenters. The maximum absolute atomic E-state index is 12.1. The Labute approximate surface area is 96.0 Å². The number of alkyl halides is 2. The molecule has 0 aliphatic carbocycles. The fourth-order valence-electron chi connectivity index (χ4n) is 1.45. The number of rotatable bonds is 4. The number of nitriles is 1. The summed E-state index contributed by atoms with van der Waals surface area (Å²) in [7, 11) is 0. The number of aryl methyl sites for hydroxylation is 1. The highest BCUT2D eigenvalue weighted by atomic mass is 19.3. The molecule has 1 aromatic carbocycles. The van der Waals surface area contributed by atoms with E-state index in [1.54, 1.807) is 6.07 Å². The Kier molecular flexibility index (Phi) is 3.99. The number of halogens is 2. The lowest BCUT2D eigenvalue weighted by Crippen LogP contribution is -2.07. The van der Waals surface area contributed by atoms with Gasteiger partial charge in [0, 0.05) is 0 Å². The smallest absolute Gasteiger partial charge is 0.387 e. The molecule has 1 N–H and O–H groups in total. The van der Waals surface area contributed by atoms with Crippen LogP contribution in [0.5, 0.6) is 5.75 Å². The number of carboxylic acid groups (broad SMARTS) is 1. The number of carbonyl (C=O) groups is 1. The highest BCUT2D eigenvalue weighted by Crippen LogP contribution is 2.26. The molecule has 1 aromatic rings. The van der Waals surface area contributed by atoms with Crippen LogP contribution in [0.25, 0.3) is 0 Å². The average molecular weight is 241 g/mol. The average Bonchev–Trinajstić information content (AvgIpc) is 2.20. The van der Waals surface area contributed by atoms with E-state index in [0.717, 1.165) is 0 Å². The van der Waals surface area contributed by atoms with Crippen LogP contribution in [-0.2, 0) is 11.2 Å². The lowest BCUT2D eigenvalue weighted by Gasteiger charge is -2.11. The quantitative estimate of drug-likeness (QED) is 0.876. The summed E-state index contributed by atoms with van der Waals surface area (Å²) < 4.78 is 28.4. The van der Waals surface area contributed by atoms with Gasteiger partial charge in [-0.1, -0.05) is 6.07 Å². The minimum Gasteiger partial charge on any atom is -0.481 e. The normalized spacial score (nSPS) is 10.1. The van der Waals surface area contributed by atoms with E-state index in [-0.39, 0.29) is 17.7 Å². The lowest BCUT2D eigenvalue weighted by atomic mass is 10.0. The number of aliphatic carboxylic acids is 1. The summed E-state index contributed by atoms with van der Waals surface area (Å²) in [6, 6.07) is 4.35. The Morgan fingerprint density at radius 1 is 1.59 bits per heavy atom. The van der Waals surface area contributed by atoms with Gasteiger partial charge in [-0.2, -0.15) is 14.0 Å². The third kappa shape index (κ3) is 3.41. The zero-order chi connectivity index (χ0) is 13.0. The van der Waals surface area contributed by atoms with Crippen molar-refractivity contribution in [2.45, 2.75) is 20.0 Å². The van der Waals surface area contributed by atoms with Gasteiger partial charge in [0.05, 0.1) is 12.0 Å². The molecule has 4 nitrogen and oxygen atoms in total. The minimum absolute atomic E-state index is 0.0958. The fourth-order valence-corrected chi connectivity index (χ4v) is 1.45. The van der Waals surface area contributed by atoms with E-state index >= 15 is 0 Å². The van der Waals surface area contributed by atoms with Gasteiger partial charge in [-0.05, 0) is 24.1 Å². The Morgan fingerprint density at radius 2 is 2.24 bits per heavy atom.